The second kappa shape index (κ2) is 7.08. The van der Waals surface area contributed by atoms with Crippen LogP contribution in [0.15, 0.2) is 0 Å². The molecule has 2 heteroatoms. The van der Waals surface area contributed by atoms with Gasteiger partial charge in [0.2, 0.25) is 0 Å². The molecule has 2 nitrogen and oxygen atoms in total. The molecule has 0 spiro atoms. The van der Waals surface area contributed by atoms with E-state index in [1.807, 2.05) is 0 Å². The highest BCUT2D eigenvalue weighted by atomic mass is 15.1. The molecular weight excluding hydrogens is 232 g/mol. The van der Waals surface area contributed by atoms with Crippen molar-refractivity contribution in [2.75, 3.05) is 32.7 Å². The van der Waals surface area contributed by atoms with Gasteiger partial charge in [-0.15, -0.1) is 0 Å². The Hall–Kier alpha value is -0.0800. The van der Waals surface area contributed by atoms with Crippen molar-refractivity contribution in [2.45, 2.75) is 59.3 Å². The molecule has 19 heavy (non-hydrogen) atoms. The highest BCUT2D eigenvalue weighted by Gasteiger charge is 2.36. The van der Waals surface area contributed by atoms with Crippen molar-refractivity contribution in [3.05, 3.63) is 0 Å². The van der Waals surface area contributed by atoms with Crippen molar-refractivity contribution in [3.8, 4) is 0 Å². The van der Waals surface area contributed by atoms with Crippen LogP contribution >= 0.6 is 0 Å². The van der Waals surface area contributed by atoms with Crippen molar-refractivity contribution in [1.82, 2.24) is 10.2 Å². The second-order valence-electron chi connectivity index (χ2n) is 7.50. The number of hydrogen-bond donors (Lipinski definition) is 1. The van der Waals surface area contributed by atoms with Gasteiger partial charge in [-0.25, -0.2) is 0 Å². The first-order valence-electron chi connectivity index (χ1n) is 8.56. The zero-order valence-corrected chi connectivity index (χ0v) is 13.4. The summed E-state index contributed by atoms with van der Waals surface area (Å²) in [6, 6.07) is 0. The van der Waals surface area contributed by atoms with E-state index in [0.29, 0.717) is 5.41 Å². The molecule has 0 radical (unpaired) electrons. The summed E-state index contributed by atoms with van der Waals surface area (Å²) in [6.07, 6.45) is 8.75. The van der Waals surface area contributed by atoms with Crippen molar-refractivity contribution < 1.29 is 0 Å². The predicted octanol–water partition coefficient (Wildman–Crippen LogP) is 3.52. The van der Waals surface area contributed by atoms with Gasteiger partial charge in [-0.2, -0.15) is 0 Å². The quantitative estimate of drug-likeness (QED) is 0.687. The van der Waals surface area contributed by atoms with Crippen LogP contribution in [0.25, 0.3) is 0 Å². The molecule has 2 fully saturated rings. The Balaban J connectivity index is 1.82. The molecule has 0 aromatic rings. The van der Waals surface area contributed by atoms with E-state index in [4.69, 9.17) is 0 Å². The van der Waals surface area contributed by atoms with Crippen LogP contribution in [0.4, 0.5) is 0 Å². The van der Waals surface area contributed by atoms with Gasteiger partial charge in [0.05, 0.1) is 0 Å². The maximum atomic E-state index is 3.74. The fraction of sp³-hybridized carbons (Fsp3) is 1.00. The zero-order chi connectivity index (χ0) is 13.7. The largest absolute Gasteiger partial charge is 0.316 e. The van der Waals surface area contributed by atoms with E-state index in [2.05, 4.69) is 31.0 Å². The summed E-state index contributed by atoms with van der Waals surface area (Å²) >= 11 is 0. The SMILES string of the molecule is CCN(CC1CC1)CC1(CNCC(C)C)CCCC1. The monoisotopic (exact) mass is 266 g/mol. The van der Waals surface area contributed by atoms with Crippen LogP contribution in [0.2, 0.25) is 0 Å². The molecule has 1 N–H and O–H groups in total. The van der Waals surface area contributed by atoms with Gasteiger partial charge in [0, 0.05) is 19.6 Å². The lowest BCUT2D eigenvalue weighted by molar-refractivity contribution is 0.148. The molecule has 0 atom stereocenters. The van der Waals surface area contributed by atoms with Crippen LogP contribution in [0, 0.1) is 17.3 Å². The summed E-state index contributed by atoms with van der Waals surface area (Å²) in [4.78, 5) is 2.74. The van der Waals surface area contributed by atoms with Gasteiger partial charge in [-0.05, 0) is 56.0 Å². The molecule has 0 aliphatic heterocycles. The summed E-state index contributed by atoms with van der Waals surface area (Å²) in [6.45, 7) is 13.3. The van der Waals surface area contributed by atoms with E-state index >= 15 is 0 Å². The summed E-state index contributed by atoms with van der Waals surface area (Å²) in [5, 5.41) is 3.74. The Bertz CT molecular complexity index is 252. The van der Waals surface area contributed by atoms with Crippen molar-refractivity contribution in [3.63, 3.8) is 0 Å². The van der Waals surface area contributed by atoms with Crippen molar-refractivity contribution in [1.29, 1.82) is 0 Å². The summed E-state index contributed by atoms with van der Waals surface area (Å²) in [7, 11) is 0. The number of nitrogens with one attached hydrogen (secondary N) is 1. The van der Waals surface area contributed by atoms with Crippen LogP contribution in [0.5, 0.6) is 0 Å². The molecule has 2 rings (SSSR count). The molecule has 112 valence electrons. The van der Waals surface area contributed by atoms with Gasteiger partial charge in [-0.1, -0.05) is 33.6 Å². The van der Waals surface area contributed by atoms with Crippen LogP contribution in [0.3, 0.4) is 0 Å². The lowest BCUT2D eigenvalue weighted by Crippen LogP contribution is -2.44. The molecule has 0 heterocycles. The molecule has 2 aliphatic carbocycles. The zero-order valence-electron chi connectivity index (χ0n) is 13.4. The first-order valence-corrected chi connectivity index (χ1v) is 8.56. The van der Waals surface area contributed by atoms with E-state index in [1.165, 1.54) is 71.2 Å². The third kappa shape index (κ3) is 5.07. The third-order valence-corrected chi connectivity index (χ3v) is 4.94. The Morgan fingerprint density at radius 3 is 2.42 bits per heavy atom. The molecule has 0 bridgehead atoms. The van der Waals surface area contributed by atoms with Crippen molar-refractivity contribution in [2.24, 2.45) is 17.3 Å². The minimum absolute atomic E-state index is 0.583. The van der Waals surface area contributed by atoms with E-state index < -0.39 is 0 Å². The van der Waals surface area contributed by atoms with Crippen LogP contribution in [-0.4, -0.2) is 37.6 Å². The Kier molecular flexibility index (Phi) is 5.70. The Morgan fingerprint density at radius 2 is 1.89 bits per heavy atom. The van der Waals surface area contributed by atoms with E-state index in [9.17, 15) is 0 Å². The van der Waals surface area contributed by atoms with Crippen molar-refractivity contribution >= 4 is 0 Å². The average Bonchev–Trinajstić information content (AvgIpc) is 3.07. The van der Waals surface area contributed by atoms with E-state index in [0.717, 1.165) is 11.8 Å². The topological polar surface area (TPSA) is 15.3 Å². The summed E-state index contributed by atoms with van der Waals surface area (Å²) < 4.78 is 0. The maximum Gasteiger partial charge on any atom is 0.00501 e. The van der Waals surface area contributed by atoms with Gasteiger partial charge >= 0.3 is 0 Å². The second-order valence-corrected chi connectivity index (χ2v) is 7.50. The van der Waals surface area contributed by atoms with Crippen LogP contribution in [0.1, 0.15) is 59.3 Å². The lowest BCUT2D eigenvalue weighted by Gasteiger charge is -2.35. The smallest absolute Gasteiger partial charge is 0.00501 e. The van der Waals surface area contributed by atoms with Crippen LogP contribution in [-0.2, 0) is 0 Å². The van der Waals surface area contributed by atoms with Gasteiger partial charge in [0.25, 0.3) is 0 Å². The molecule has 0 aromatic heterocycles. The molecule has 0 saturated heterocycles. The highest BCUT2D eigenvalue weighted by Crippen LogP contribution is 2.39. The number of hydrogen-bond acceptors (Lipinski definition) is 2. The summed E-state index contributed by atoms with van der Waals surface area (Å²) in [5.41, 5.74) is 0.583. The summed E-state index contributed by atoms with van der Waals surface area (Å²) in [5.74, 6) is 1.80. The maximum absolute atomic E-state index is 3.74. The highest BCUT2D eigenvalue weighted by molar-refractivity contribution is 4.90. The van der Waals surface area contributed by atoms with Gasteiger partial charge in [0.1, 0.15) is 0 Å². The van der Waals surface area contributed by atoms with Gasteiger partial charge in [-0.3, -0.25) is 0 Å². The minimum atomic E-state index is 0.583. The van der Waals surface area contributed by atoms with Crippen LogP contribution < -0.4 is 5.32 Å². The standard InChI is InChI=1S/C17H34N2/c1-4-19(12-16-7-8-16)14-17(9-5-6-10-17)13-18-11-15(2)3/h15-16,18H,4-14H2,1-3H3. The first kappa shape index (κ1) is 15.3. The molecular formula is C17H34N2. The third-order valence-electron chi connectivity index (χ3n) is 4.94. The Labute approximate surface area is 120 Å². The molecule has 2 saturated carbocycles. The average molecular weight is 266 g/mol. The first-order chi connectivity index (χ1) is 9.13. The minimum Gasteiger partial charge on any atom is -0.316 e. The Morgan fingerprint density at radius 1 is 1.21 bits per heavy atom. The number of rotatable bonds is 9. The predicted molar refractivity (Wildman–Crippen MR) is 83.4 cm³/mol. The van der Waals surface area contributed by atoms with E-state index in [1.54, 1.807) is 0 Å². The molecule has 0 aromatic carbocycles. The van der Waals surface area contributed by atoms with Gasteiger partial charge < -0.3 is 10.2 Å². The molecule has 2 aliphatic rings. The molecule has 0 unspecified atom stereocenters. The fourth-order valence-electron chi connectivity index (χ4n) is 3.59. The normalized spacial score (nSPS) is 22.6. The molecule has 0 amide bonds. The number of nitrogens with zero attached hydrogens (tertiary/aromatic N) is 1. The fourth-order valence-corrected chi connectivity index (χ4v) is 3.59. The van der Waals surface area contributed by atoms with E-state index in [-0.39, 0.29) is 0 Å². The lowest BCUT2D eigenvalue weighted by atomic mass is 9.85. The van der Waals surface area contributed by atoms with Gasteiger partial charge in [0.15, 0.2) is 0 Å².